The summed E-state index contributed by atoms with van der Waals surface area (Å²) in [7, 11) is 0. The zero-order valence-corrected chi connectivity index (χ0v) is 9.80. The second-order valence-corrected chi connectivity index (χ2v) is 4.16. The number of aromatic nitrogens is 3. The van der Waals surface area contributed by atoms with Gasteiger partial charge in [-0.05, 0) is 18.3 Å². The van der Waals surface area contributed by atoms with Gasteiger partial charge in [-0.15, -0.1) is 0 Å². The number of aromatic amines is 1. The van der Waals surface area contributed by atoms with Gasteiger partial charge in [0.1, 0.15) is 11.3 Å². The molecule has 0 bridgehead atoms. The maximum Gasteiger partial charge on any atom is 0.178 e. The first-order valence-electron chi connectivity index (χ1n) is 5.12. The molecular weight excluding hydrogens is 260 g/mol. The van der Waals surface area contributed by atoms with Gasteiger partial charge in [-0.25, -0.2) is 8.78 Å². The van der Waals surface area contributed by atoms with E-state index in [4.69, 9.17) is 16.7 Å². The number of H-pyrrole nitrogens is 1. The molecule has 1 N–H and O–H groups in total. The quantitative estimate of drug-likeness (QED) is 0.726. The van der Waals surface area contributed by atoms with E-state index in [1.807, 2.05) is 0 Å². The van der Waals surface area contributed by atoms with Gasteiger partial charge in [-0.2, -0.15) is 0 Å². The molecule has 0 spiro atoms. The lowest BCUT2D eigenvalue weighted by Crippen LogP contribution is -1.98. The standard InChI is InChI=1S/C11H7F2N3OS/c12-6-3-8(13)10-9(4-6)16(11(18)15-10)5-7-1-2-14-17-7/h1-4H,5H2,(H,15,18). The molecule has 0 aliphatic rings. The fourth-order valence-corrected chi connectivity index (χ4v) is 2.08. The summed E-state index contributed by atoms with van der Waals surface area (Å²) in [4.78, 5) is 2.71. The molecule has 0 aliphatic heterocycles. The Hall–Kier alpha value is -2.02. The molecule has 92 valence electrons. The Bertz CT molecular complexity index is 761. The van der Waals surface area contributed by atoms with Gasteiger partial charge in [0.05, 0.1) is 18.3 Å². The molecule has 0 saturated carbocycles. The Balaban J connectivity index is 2.22. The largest absolute Gasteiger partial charge is 0.359 e. The van der Waals surface area contributed by atoms with Crippen molar-refractivity contribution in [1.82, 2.24) is 14.7 Å². The van der Waals surface area contributed by atoms with Gasteiger partial charge in [0.25, 0.3) is 0 Å². The highest BCUT2D eigenvalue weighted by Crippen LogP contribution is 2.20. The molecule has 2 heterocycles. The molecule has 2 aromatic heterocycles. The molecule has 1 aromatic carbocycles. The van der Waals surface area contributed by atoms with E-state index in [9.17, 15) is 8.78 Å². The lowest BCUT2D eigenvalue weighted by Gasteiger charge is -2.01. The van der Waals surface area contributed by atoms with Crippen LogP contribution >= 0.6 is 12.2 Å². The summed E-state index contributed by atoms with van der Waals surface area (Å²) in [6.45, 7) is 0.266. The number of rotatable bonds is 2. The van der Waals surface area contributed by atoms with Crippen molar-refractivity contribution >= 4 is 23.3 Å². The van der Waals surface area contributed by atoms with Gasteiger partial charge < -0.3 is 14.1 Å². The summed E-state index contributed by atoms with van der Waals surface area (Å²) in [6, 6.07) is 3.70. The van der Waals surface area contributed by atoms with Crippen LogP contribution in [-0.4, -0.2) is 14.7 Å². The first-order valence-corrected chi connectivity index (χ1v) is 5.53. The van der Waals surface area contributed by atoms with E-state index in [2.05, 4.69) is 10.1 Å². The lowest BCUT2D eigenvalue weighted by atomic mass is 10.3. The van der Waals surface area contributed by atoms with Crippen LogP contribution in [0.4, 0.5) is 8.78 Å². The van der Waals surface area contributed by atoms with E-state index in [0.29, 0.717) is 16.0 Å². The molecule has 3 aromatic rings. The van der Waals surface area contributed by atoms with Crippen LogP contribution < -0.4 is 0 Å². The average molecular weight is 267 g/mol. The molecule has 18 heavy (non-hydrogen) atoms. The Labute approximate surface area is 105 Å². The SMILES string of the molecule is Fc1cc(F)c2[nH]c(=S)n(Cc3ccno3)c2c1. The normalized spacial score (nSPS) is 11.2. The van der Waals surface area contributed by atoms with Crippen LogP contribution in [0.5, 0.6) is 0 Å². The highest BCUT2D eigenvalue weighted by Gasteiger charge is 2.12. The predicted octanol–water partition coefficient (Wildman–Crippen LogP) is 3.01. The van der Waals surface area contributed by atoms with Crippen molar-refractivity contribution in [3.63, 3.8) is 0 Å². The van der Waals surface area contributed by atoms with E-state index in [-0.39, 0.29) is 12.1 Å². The van der Waals surface area contributed by atoms with Gasteiger partial charge in [-0.3, -0.25) is 0 Å². The first-order chi connectivity index (χ1) is 8.65. The molecule has 7 heteroatoms. The number of nitrogens with one attached hydrogen (secondary N) is 1. The Morgan fingerprint density at radius 3 is 2.94 bits per heavy atom. The zero-order chi connectivity index (χ0) is 12.7. The van der Waals surface area contributed by atoms with Gasteiger partial charge in [0.2, 0.25) is 0 Å². The van der Waals surface area contributed by atoms with E-state index in [0.717, 1.165) is 6.07 Å². The van der Waals surface area contributed by atoms with Crippen LogP contribution in [0.1, 0.15) is 5.76 Å². The number of hydrogen-bond donors (Lipinski definition) is 1. The third kappa shape index (κ3) is 1.72. The number of halogens is 2. The molecular formula is C11H7F2N3OS. The number of nitrogens with zero attached hydrogens (tertiary/aromatic N) is 2. The highest BCUT2D eigenvalue weighted by atomic mass is 32.1. The second kappa shape index (κ2) is 4.02. The number of fused-ring (bicyclic) bond motifs is 1. The van der Waals surface area contributed by atoms with Crippen LogP contribution in [-0.2, 0) is 6.54 Å². The van der Waals surface area contributed by atoms with Crippen molar-refractivity contribution in [2.24, 2.45) is 0 Å². The second-order valence-electron chi connectivity index (χ2n) is 3.78. The minimum absolute atomic E-state index is 0.181. The van der Waals surface area contributed by atoms with Crippen LogP contribution in [0.3, 0.4) is 0 Å². The highest BCUT2D eigenvalue weighted by molar-refractivity contribution is 7.71. The van der Waals surface area contributed by atoms with Crippen molar-refractivity contribution in [3.8, 4) is 0 Å². The Morgan fingerprint density at radius 1 is 1.39 bits per heavy atom. The third-order valence-electron chi connectivity index (χ3n) is 2.61. The van der Waals surface area contributed by atoms with Crippen LogP contribution in [0.15, 0.2) is 28.9 Å². The van der Waals surface area contributed by atoms with E-state index in [1.54, 1.807) is 10.6 Å². The first kappa shape index (κ1) is 11.1. The number of benzene rings is 1. The van der Waals surface area contributed by atoms with Gasteiger partial charge >= 0.3 is 0 Å². The van der Waals surface area contributed by atoms with Crippen molar-refractivity contribution < 1.29 is 13.3 Å². The van der Waals surface area contributed by atoms with Crippen LogP contribution in [0.2, 0.25) is 0 Å². The molecule has 0 amide bonds. The van der Waals surface area contributed by atoms with Crippen LogP contribution in [0, 0.1) is 16.4 Å². The van der Waals surface area contributed by atoms with Crippen molar-refractivity contribution in [2.75, 3.05) is 0 Å². The molecule has 0 aliphatic carbocycles. The lowest BCUT2D eigenvalue weighted by molar-refractivity contribution is 0.377. The minimum Gasteiger partial charge on any atom is -0.359 e. The fourth-order valence-electron chi connectivity index (χ4n) is 1.82. The number of imidazole rings is 1. The summed E-state index contributed by atoms with van der Waals surface area (Å²) >= 11 is 5.09. The van der Waals surface area contributed by atoms with Crippen molar-refractivity contribution in [2.45, 2.75) is 6.54 Å². The summed E-state index contributed by atoms with van der Waals surface area (Å²) in [5.41, 5.74) is 0.537. The third-order valence-corrected chi connectivity index (χ3v) is 2.93. The molecule has 0 unspecified atom stereocenters. The molecule has 0 fully saturated rings. The summed E-state index contributed by atoms with van der Waals surface area (Å²) in [6.07, 6.45) is 1.49. The molecule has 0 saturated heterocycles. The molecule has 0 radical (unpaired) electrons. The number of hydrogen-bond acceptors (Lipinski definition) is 3. The zero-order valence-electron chi connectivity index (χ0n) is 8.98. The van der Waals surface area contributed by atoms with E-state index < -0.39 is 11.6 Å². The topological polar surface area (TPSA) is 46.8 Å². The van der Waals surface area contributed by atoms with Gasteiger partial charge in [0.15, 0.2) is 16.3 Å². The Morgan fingerprint density at radius 2 is 2.22 bits per heavy atom. The maximum atomic E-state index is 13.6. The van der Waals surface area contributed by atoms with Crippen molar-refractivity contribution in [1.29, 1.82) is 0 Å². The van der Waals surface area contributed by atoms with Gasteiger partial charge in [-0.1, -0.05) is 5.16 Å². The summed E-state index contributed by atoms with van der Waals surface area (Å²) < 4.78 is 33.6. The molecule has 4 nitrogen and oxygen atoms in total. The average Bonchev–Trinajstić information content (AvgIpc) is 2.91. The van der Waals surface area contributed by atoms with Crippen LogP contribution in [0.25, 0.3) is 11.0 Å². The molecule has 3 rings (SSSR count). The summed E-state index contributed by atoms with van der Waals surface area (Å²) in [5.74, 6) is -0.774. The minimum atomic E-state index is -0.674. The molecule has 0 atom stereocenters. The monoisotopic (exact) mass is 267 g/mol. The van der Waals surface area contributed by atoms with E-state index in [1.165, 1.54) is 12.3 Å². The fraction of sp³-hybridized carbons (Fsp3) is 0.0909. The Kier molecular flexibility index (Phi) is 2.48. The summed E-state index contributed by atoms with van der Waals surface area (Å²) in [5, 5.41) is 3.57. The maximum absolute atomic E-state index is 13.6. The van der Waals surface area contributed by atoms with Gasteiger partial charge in [0, 0.05) is 12.1 Å². The van der Waals surface area contributed by atoms with Crippen molar-refractivity contribution in [3.05, 3.63) is 46.6 Å². The predicted molar refractivity (Wildman–Crippen MR) is 62.6 cm³/mol. The smallest absolute Gasteiger partial charge is 0.178 e. The van der Waals surface area contributed by atoms with E-state index >= 15 is 0 Å².